The molecule has 3 N–H and O–H groups in total. The standard InChI is InChI=1S/C12H27N3O/c1-5-15(6-2)9-7-8-14-11(16)10-12(3,4)13/h5-10,13H2,1-4H3,(H,14,16). The van der Waals surface area contributed by atoms with E-state index in [1.807, 2.05) is 13.8 Å². The maximum absolute atomic E-state index is 11.4. The summed E-state index contributed by atoms with van der Waals surface area (Å²) in [4.78, 5) is 13.8. The lowest BCUT2D eigenvalue weighted by atomic mass is 10.0. The van der Waals surface area contributed by atoms with Crippen LogP contribution in [0.5, 0.6) is 0 Å². The van der Waals surface area contributed by atoms with Crippen molar-refractivity contribution in [2.45, 2.75) is 46.1 Å². The number of nitrogens with two attached hydrogens (primary N) is 1. The number of carbonyl (C=O) groups excluding carboxylic acids is 1. The van der Waals surface area contributed by atoms with Crippen LogP contribution in [0, 0.1) is 0 Å². The predicted octanol–water partition coefficient (Wildman–Crippen LogP) is 0.962. The largest absolute Gasteiger partial charge is 0.356 e. The predicted molar refractivity (Wildman–Crippen MR) is 68.3 cm³/mol. The third kappa shape index (κ3) is 8.68. The van der Waals surface area contributed by atoms with E-state index < -0.39 is 5.54 Å². The maximum Gasteiger partial charge on any atom is 0.221 e. The summed E-state index contributed by atoms with van der Waals surface area (Å²) in [7, 11) is 0. The van der Waals surface area contributed by atoms with E-state index in [1.54, 1.807) is 0 Å². The normalized spacial score (nSPS) is 11.9. The Morgan fingerprint density at radius 3 is 2.31 bits per heavy atom. The average Bonchev–Trinajstić information content (AvgIpc) is 2.15. The fourth-order valence-electron chi connectivity index (χ4n) is 1.55. The van der Waals surface area contributed by atoms with Crippen molar-refractivity contribution < 1.29 is 4.79 Å². The fourth-order valence-corrected chi connectivity index (χ4v) is 1.55. The first kappa shape index (κ1) is 15.4. The van der Waals surface area contributed by atoms with Crippen molar-refractivity contribution in [3.8, 4) is 0 Å². The molecule has 4 nitrogen and oxygen atoms in total. The Labute approximate surface area is 99.6 Å². The molecule has 0 aliphatic rings. The van der Waals surface area contributed by atoms with E-state index in [2.05, 4.69) is 24.1 Å². The smallest absolute Gasteiger partial charge is 0.221 e. The Kier molecular flexibility index (Phi) is 7.34. The molecule has 0 fully saturated rings. The van der Waals surface area contributed by atoms with Gasteiger partial charge in [0.1, 0.15) is 0 Å². The number of hydrogen-bond acceptors (Lipinski definition) is 3. The molecule has 0 heterocycles. The minimum absolute atomic E-state index is 0.0482. The summed E-state index contributed by atoms with van der Waals surface area (Å²) >= 11 is 0. The van der Waals surface area contributed by atoms with E-state index in [0.717, 1.165) is 32.6 Å². The van der Waals surface area contributed by atoms with Gasteiger partial charge in [0.25, 0.3) is 0 Å². The average molecular weight is 229 g/mol. The van der Waals surface area contributed by atoms with Crippen molar-refractivity contribution in [3.63, 3.8) is 0 Å². The van der Waals surface area contributed by atoms with Crippen LogP contribution in [0.15, 0.2) is 0 Å². The second kappa shape index (κ2) is 7.63. The first-order valence-corrected chi connectivity index (χ1v) is 6.17. The van der Waals surface area contributed by atoms with Crippen LogP contribution in [0.3, 0.4) is 0 Å². The van der Waals surface area contributed by atoms with Gasteiger partial charge >= 0.3 is 0 Å². The molecule has 16 heavy (non-hydrogen) atoms. The number of hydrogen-bond donors (Lipinski definition) is 2. The second-order valence-electron chi connectivity index (χ2n) is 4.90. The van der Waals surface area contributed by atoms with Crippen molar-refractivity contribution in [1.29, 1.82) is 0 Å². The molecular formula is C12H27N3O. The maximum atomic E-state index is 11.4. The summed E-state index contributed by atoms with van der Waals surface area (Å²) in [5.41, 5.74) is 5.35. The highest BCUT2D eigenvalue weighted by atomic mass is 16.1. The topological polar surface area (TPSA) is 58.4 Å². The molecule has 0 atom stereocenters. The van der Waals surface area contributed by atoms with Crippen molar-refractivity contribution in [2.24, 2.45) is 5.73 Å². The molecule has 0 spiro atoms. The molecule has 0 radical (unpaired) electrons. The monoisotopic (exact) mass is 229 g/mol. The van der Waals surface area contributed by atoms with Crippen molar-refractivity contribution in [3.05, 3.63) is 0 Å². The molecular weight excluding hydrogens is 202 g/mol. The van der Waals surface area contributed by atoms with Crippen molar-refractivity contribution in [2.75, 3.05) is 26.2 Å². The molecule has 0 aromatic heterocycles. The molecule has 0 aromatic rings. The highest BCUT2D eigenvalue weighted by molar-refractivity contribution is 5.76. The number of nitrogens with one attached hydrogen (secondary N) is 1. The summed E-state index contributed by atoms with van der Waals surface area (Å²) in [6.07, 6.45) is 1.39. The molecule has 0 aromatic carbocycles. The summed E-state index contributed by atoms with van der Waals surface area (Å²) in [5.74, 6) is 0.0482. The van der Waals surface area contributed by atoms with E-state index >= 15 is 0 Å². The van der Waals surface area contributed by atoms with Crippen LogP contribution in [0.2, 0.25) is 0 Å². The van der Waals surface area contributed by atoms with Crippen molar-refractivity contribution in [1.82, 2.24) is 10.2 Å². The van der Waals surface area contributed by atoms with Gasteiger partial charge in [-0.1, -0.05) is 13.8 Å². The Hall–Kier alpha value is -0.610. The molecule has 0 aliphatic carbocycles. The number of rotatable bonds is 8. The highest BCUT2D eigenvalue weighted by Gasteiger charge is 2.15. The summed E-state index contributed by atoms with van der Waals surface area (Å²) in [5, 5.41) is 2.90. The summed E-state index contributed by atoms with van der Waals surface area (Å²) < 4.78 is 0. The van der Waals surface area contributed by atoms with Gasteiger partial charge in [0, 0.05) is 18.5 Å². The minimum atomic E-state index is -0.414. The van der Waals surface area contributed by atoms with Gasteiger partial charge in [-0.3, -0.25) is 4.79 Å². The minimum Gasteiger partial charge on any atom is -0.356 e. The van der Waals surface area contributed by atoms with E-state index in [9.17, 15) is 4.79 Å². The summed E-state index contributed by atoms with van der Waals surface area (Å²) in [6, 6.07) is 0. The van der Waals surface area contributed by atoms with E-state index in [4.69, 9.17) is 5.73 Å². The number of carbonyl (C=O) groups is 1. The zero-order valence-corrected chi connectivity index (χ0v) is 11.2. The van der Waals surface area contributed by atoms with E-state index in [0.29, 0.717) is 6.42 Å². The second-order valence-corrected chi connectivity index (χ2v) is 4.90. The first-order chi connectivity index (χ1) is 7.39. The van der Waals surface area contributed by atoms with Crippen LogP contribution in [-0.4, -0.2) is 42.5 Å². The van der Waals surface area contributed by atoms with Crippen molar-refractivity contribution >= 4 is 5.91 Å². The van der Waals surface area contributed by atoms with Gasteiger partial charge in [-0.05, 0) is 39.9 Å². The van der Waals surface area contributed by atoms with Gasteiger partial charge < -0.3 is 16.0 Å². The third-order valence-corrected chi connectivity index (χ3v) is 2.48. The van der Waals surface area contributed by atoms with E-state index in [-0.39, 0.29) is 5.91 Å². The van der Waals surface area contributed by atoms with Gasteiger partial charge in [0.15, 0.2) is 0 Å². The van der Waals surface area contributed by atoms with E-state index in [1.165, 1.54) is 0 Å². The van der Waals surface area contributed by atoms with Gasteiger partial charge in [-0.25, -0.2) is 0 Å². The van der Waals surface area contributed by atoms with Crippen LogP contribution < -0.4 is 11.1 Å². The van der Waals surface area contributed by atoms with Gasteiger partial charge in [0.2, 0.25) is 5.91 Å². The quantitative estimate of drug-likeness (QED) is 0.610. The SMILES string of the molecule is CCN(CC)CCCNC(=O)CC(C)(C)N. The Morgan fingerprint density at radius 2 is 1.88 bits per heavy atom. The Bertz CT molecular complexity index is 195. The third-order valence-electron chi connectivity index (χ3n) is 2.48. The molecule has 0 rings (SSSR count). The molecule has 1 amide bonds. The molecule has 0 bridgehead atoms. The van der Waals surface area contributed by atoms with Gasteiger partial charge in [-0.2, -0.15) is 0 Å². The highest BCUT2D eigenvalue weighted by Crippen LogP contribution is 2.02. The van der Waals surface area contributed by atoms with Crippen LogP contribution in [0.1, 0.15) is 40.5 Å². The first-order valence-electron chi connectivity index (χ1n) is 6.17. The molecule has 0 saturated carbocycles. The van der Waals surface area contributed by atoms with Crippen LogP contribution in [-0.2, 0) is 4.79 Å². The summed E-state index contributed by atoms with van der Waals surface area (Å²) in [6.45, 7) is 12.0. The number of amides is 1. The van der Waals surface area contributed by atoms with Gasteiger partial charge in [-0.15, -0.1) is 0 Å². The lowest BCUT2D eigenvalue weighted by Crippen LogP contribution is -2.39. The molecule has 0 saturated heterocycles. The van der Waals surface area contributed by atoms with Crippen LogP contribution >= 0.6 is 0 Å². The molecule has 4 heteroatoms. The van der Waals surface area contributed by atoms with Crippen LogP contribution in [0.4, 0.5) is 0 Å². The molecule has 0 unspecified atom stereocenters. The zero-order valence-electron chi connectivity index (χ0n) is 11.2. The Balaban J connectivity index is 3.55. The van der Waals surface area contributed by atoms with Gasteiger partial charge in [0.05, 0.1) is 0 Å². The number of nitrogens with zero attached hydrogens (tertiary/aromatic N) is 1. The lowest BCUT2D eigenvalue weighted by molar-refractivity contribution is -0.122. The lowest BCUT2D eigenvalue weighted by Gasteiger charge is -2.19. The zero-order chi connectivity index (χ0) is 12.6. The Morgan fingerprint density at radius 1 is 1.31 bits per heavy atom. The fraction of sp³-hybridized carbons (Fsp3) is 0.917. The molecule has 96 valence electrons. The molecule has 0 aliphatic heterocycles. The van der Waals surface area contributed by atoms with Crippen LogP contribution in [0.25, 0.3) is 0 Å².